The van der Waals surface area contributed by atoms with Gasteiger partial charge in [-0.3, -0.25) is 9.59 Å². The maximum atomic E-state index is 12.7. The predicted molar refractivity (Wildman–Crippen MR) is 147 cm³/mol. The molecule has 0 fully saturated rings. The minimum atomic E-state index is -1.60. The van der Waals surface area contributed by atoms with E-state index in [2.05, 4.69) is 0 Å². The number of nitrogens with two attached hydrogens (primary N) is 1. The molecule has 11 nitrogen and oxygen atoms in total. The largest absolute Gasteiger partial charge is 0.514 e. The van der Waals surface area contributed by atoms with Crippen LogP contribution in [-0.4, -0.2) is 54.2 Å². The number of hydrogen-bond donors (Lipinski definition) is 1. The van der Waals surface area contributed by atoms with Crippen molar-refractivity contribution >= 4 is 24.2 Å². The number of carbonyl (C=O) groups is 4. The van der Waals surface area contributed by atoms with Crippen molar-refractivity contribution in [2.75, 3.05) is 7.11 Å². The Hall–Kier alpha value is -3.34. The van der Waals surface area contributed by atoms with E-state index in [4.69, 9.17) is 34.2 Å². The molecule has 2 N–H and O–H groups in total. The Labute approximate surface area is 236 Å². The second-order valence-corrected chi connectivity index (χ2v) is 11.3. The highest BCUT2D eigenvalue weighted by molar-refractivity contribution is 5.81. The van der Waals surface area contributed by atoms with Crippen molar-refractivity contribution in [1.82, 2.24) is 0 Å². The van der Waals surface area contributed by atoms with Crippen LogP contribution in [0.3, 0.4) is 0 Å². The van der Waals surface area contributed by atoms with Crippen LogP contribution in [0.5, 0.6) is 11.5 Å². The van der Waals surface area contributed by atoms with Crippen LogP contribution in [0.1, 0.15) is 87.1 Å². The lowest BCUT2D eigenvalue weighted by Crippen LogP contribution is -2.53. The molecule has 226 valence electrons. The van der Waals surface area contributed by atoms with Crippen LogP contribution in [0.15, 0.2) is 18.2 Å². The predicted octanol–water partition coefficient (Wildman–Crippen LogP) is 5.49. The van der Waals surface area contributed by atoms with Gasteiger partial charge in [-0.15, -0.1) is 0 Å². The lowest BCUT2D eigenvalue weighted by atomic mass is 9.86. The molecule has 2 atom stereocenters. The van der Waals surface area contributed by atoms with E-state index in [9.17, 15) is 19.2 Å². The molecule has 1 aromatic carbocycles. The van der Waals surface area contributed by atoms with Crippen LogP contribution in [-0.2, 0) is 35.0 Å². The van der Waals surface area contributed by atoms with E-state index in [-0.39, 0.29) is 30.3 Å². The van der Waals surface area contributed by atoms with Gasteiger partial charge < -0.3 is 34.2 Å². The smallest absolute Gasteiger partial charge is 0.468 e. The Morgan fingerprint density at radius 1 is 0.850 bits per heavy atom. The van der Waals surface area contributed by atoms with Gasteiger partial charge in [-0.05, 0) is 65.2 Å². The summed E-state index contributed by atoms with van der Waals surface area (Å²) < 4.78 is 31.8. The van der Waals surface area contributed by atoms with Crippen molar-refractivity contribution in [2.24, 2.45) is 11.7 Å². The van der Waals surface area contributed by atoms with Crippen molar-refractivity contribution in [2.45, 2.75) is 111 Å². The van der Waals surface area contributed by atoms with Gasteiger partial charge in [-0.2, -0.15) is 0 Å². The topological polar surface area (TPSA) is 150 Å². The number of carbonyl (C=O) groups excluding carboxylic acids is 4. The zero-order valence-corrected chi connectivity index (χ0v) is 25.4. The van der Waals surface area contributed by atoms with Gasteiger partial charge in [0.1, 0.15) is 22.8 Å². The lowest BCUT2D eigenvalue weighted by molar-refractivity contribution is -0.157. The molecule has 0 radical (unpaired) electrons. The Morgan fingerprint density at radius 3 is 1.80 bits per heavy atom. The first-order valence-corrected chi connectivity index (χ1v) is 13.4. The first kappa shape index (κ1) is 34.7. The van der Waals surface area contributed by atoms with Crippen LogP contribution in [0.25, 0.3) is 0 Å². The molecule has 0 saturated heterocycles. The molecule has 0 aromatic heterocycles. The third-order valence-electron chi connectivity index (χ3n) is 6.37. The van der Waals surface area contributed by atoms with Crippen molar-refractivity contribution in [3.05, 3.63) is 23.8 Å². The van der Waals surface area contributed by atoms with Gasteiger partial charge in [0.05, 0.1) is 13.0 Å². The highest BCUT2D eigenvalue weighted by Crippen LogP contribution is 2.32. The zero-order valence-electron chi connectivity index (χ0n) is 25.4. The van der Waals surface area contributed by atoms with E-state index >= 15 is 0 Å². The fourth-order valence-electron chi connectivity index (χ4n) is 3.33. The highest BCUT2D eigenvalue weighted by Gasteiger charge is 2.38. The standard InChI is InChI=1S/C29H45NO10/c1-11-27(6,7)39-25(33)37-21-14-13-20(15-22(21)38-26(34)40-28(8,9)12-2)17-29(30,24(32)35-10)16-19(5)36-23(31)18(3)4/h13-15,18-19H,11-12,16-17,30H2,1-10H3/t19?,29-/m1/s1. The summed E-state index contributed by atoms with van der Waals surface area (Å²) in [7, 11) is 1.20. The summed E-state index contributed by atoms with van der Waals surface area (Å²) in [6, 6.07) is 4.35. The maximum Gasteiger partial charge on any atom is 0.514 e. The van der Waals surface area contributed by atoms with E-state index in [0.29, 0.717) is 18.4 Å². The van der Waals surface area contributed by atoms with Gasteiger partial charge in [0, 0.05) is 12.8 Å². The van der Waals surface area contributed by atoms with Gasteiger partial charge in [0.25, 0.3) is 0 Å². The summed E-state index contributed by atoms with van der Waals surface area (Å²) in [4.78, 5) is 49.8. The van der Waals surface area contributed by atoms with Crippen molar-refractivity contribution < 1.29 is 47.6 Å². The molecule has 0 spiro atoms. The first-order valence-electron chi connectivity index (χ1n) is 13.4. The molecular formula is C29H45NO10. The molecule has 0 aliphatic heterocycles. The Kier molecular flexibility index (Phi) is 12.4. The van der Waals surface area contributed by atoms with E-state index in [1.54, 1.807) is 54.5 Å². The summed E-state index contributed by atoms with van der Waals surface area (Å²) in [5, 5.41) is 0. The minimum absolute atomic E-state index is 0.0439. The van der Waals surface area contributed by atoms with Crippen LogP contribution in [0, 0.1) is 5.92 Å². The molecule has 1 rings (SSSR count). The number of methoxy groups -OCH3 is 1. The van der Waals surface area contributed by atoms with E-state index in [1.165, 1.54) is 19.2 Å². The van der Waals surface area contributed by atoms with E-state index < -0.39 is 47.1 Å². The third-order valence-corrected chi connectivity index (χ3v) is 6.37. The van der Waals surface area contributed by atoms with Crippen molar-refractivity contribution in [3.63, 3.8) is 0 Å². The molecule has 11 heteroatoms. The lowest BCUT2D eigenvalue weighted by Gasteiger charge is -2.30. The molecule has 0 amide bonds. The molecule has 40 heavy (non-hydrogen) atoms. The Bertz CT molecular complexity index is 1050. The third kappa shape index (κ3) is 11.0. The quantitative estimate of drug-likeness (QED) is 0.183. The SMILES string of the molecule is CCC(C)(C)OC(=O)Oc1ccc(C[C@](N)(CC(C)OC(=O)C(C)C)C(=O)OC)cc1OC(=O)OC(C)(C)CC. The van der Waals surface area contributed by atoms with Crippen LogP contribution in [0.4, 0.5) is 9.59 Å². The highest BCUT2D eigenvalue weighted by atomic mass is 16.8. The van der Waals surface area contributed by atoms with Crippen molar-refractivity contribution in [1.29, 1.82) is 0 Å². The summed E-state index contributed by atoms with van der Waals surface area (Å²) in [6.45, 7) is 15.6. The van der Waals surface area contributed by atoms with Gasteiger partial charge in [0.15, 0.2) is 11.5 Å². The monoisotopic (exact) mass is 567 g/mol. The summed E-state index contributed by atoms with van der Waals surface area (Å²) >= 11 is 0. The Balaban J connectivity index is 3.36. The number of benzene rings is 1. The second kappa shape index (κ2) is 14.3. The van der Waals surface area contributed by atoms with Crippen LogP contribution in [0.2, 0.25) is 0 Å². The van der Waals surface area contributed by atoms with Gasteiger partial charge >= 0.3 is 24.2 Å². The maximum absolute atomic E-state index is 12.7. The fraction of sp³-hybridized carbons (Fsp3) is 0.655. The summed E-state index contributed by atoms with van der Waals surface area (Å²) in [6.07, 6.45) is -1.76. The number of ether oxygens (including phenoxy) is 6. The zero-order chi connectivity index (χ0) is 30.9. The molecule has 0 bridgehead atoms. The first-order chi connectivity index (χ1) is 18.4. The normalized spacial score (nSPS) is 14.0. The molecule has 0 saturated carbocycles. The Morgan fingerprint density at radius 2 is 1.35 bits per heavy atom. The number of hydrogen-bond acceptors (Lipinski definition) is 11. The van der Waals surface area contributed by atoms with Gasteiger partial charge in [-0.1, -0.05) is 33.8 Å². The molecular weight excluding hydrogens is 522 g/mol. The minimum Gasteiger partial charge on any atom is -0.468 e. The second-order valence-electron chi connectivity index (χ2n) is 11.3. The summed E-state index contributed by atoms with van der Waals surface area (Å²) in [5.41, 5.74) is 3.75. The van der Waals surface area contributed by atoms with Crippen LogP contribution >= 0.6 is 0 Å². The molecule has 0 aliphatic rings. The van der Waals surface area contributed by atoms with Gasteiger partial charge in [-0.25, -0.2) is 9.59 Å². The number of rotatable bonds is 13. The van der Waals surface area contributed by atoms with Crippen LogP contribution < -0.4 is 15.2 Å². The van der Waals surface area contributed by atoms with E-state index in [0.717, 1.165) is 0 Å². The van der Waals surface area contributed by atoms with E-state index in [1.807, 2.05) is 13.8 Å². The average molecular weight is 568 g/mol. The molecule has 1 unspecified atom stereocenters. The molecule has 0 aliphatic carbocycles. The summed E-state index contributed by atoms with van der Waals surface area (Å²) in [5.74, 6) is -1.76. The average Bonchev–Trinajstić information content (AvgIpc) is 2.84. The molecule has 0 heterocycles. The van der Waals surface area contributed by atoms with Gasteiger partial charge in [0.2, 0.25) is 0 Å². The fourth-order valence-corrected chi connectivity index (χ4v) is 3.33. The van der Waals surface area contributed by atoms with Crippen molar-refractivity contribution in [3.8, 4) is 11.5 Å². The molecule has 1 aromatic rings. The number of esters is 2.